The predicted molar refractivity (Wildman–Crippen MR) is 81.2 cm³/mol. The highest BCUT2D eigenvalue weighted by atomic mass is 16.3. The molecule has 0 radical (unpaired) electrons. The number of benzene rings is 2. The van der Waals surface area contributed by atoms with Crippen molar-refractivity contribution in [3.05, 3.63) is 71.8 Å². The van der Waals surface area contributed by atoms with Crippen LogP contribution in [0.25, 0.3) is 0 Å². The zero-order valence-corrected chi connectivity index (χ0v) is 11.8. The number of rotatable bonds is 2. The van der Waals surface area contributed by atoms with Crippen molar-refractivity contribution in [2.24, 2.45) is 0 Å². The van der Waals surface area contributed by atoms with Gasteiger partial charge in [0.15, 0.2) is 0 Å². The molecule has 0 saturated heterocycles. The van der Waals surface area contributed by atoms with E-state index in [1.165, 1.54) is 11.1 Å². The molecule has 0 aliphatic rings. The smallest absolute Gasteiger partial charge is 0.0402 e. The van der Waals surface area contributed by atoms with Crippen LogP contribution in [-0.2, 0) is 6.42 Å². The second kappa shape index (κ2) is 12.8. The predicted octanol–water partition coefficient (Wildman–Crippen LogP) is 3.27. The van der Waals surface area contributed by atoms with Gasteiger partial charge in [-0.3, -0.25) is 0 Å². The molecule has 0 spiro atoms. The summed E-state index contributed by atoms with van der Waals surface area (Å²) in [6.45, 7) is 3.86. The van der Waals surface area contributed by atoms with Gasteiger partial charge in [-0.2, -0.15) is 0 Å². The van der Waals surface area contributed by atoms with E-state index in [-0.39, 0.29) is 13.2 Å². The van der Waals surface area contributed by atoms with Crippen LogP contribution >= 0.6 is 0 Å². The first-order valence-corrected chi connectivity index (χ1v) is 6.58. The van der Waals surface area contributed by atoms with Gasteiger partial charge < -0.3 is 10.2 Å². The van der Waals surface area contributed by atoms with Gasteiger partial charge in [0.25, 0.3) is 0 Å². The second-order valence-electron chi connectivity index (χ2n) is 3.78. The highest BCUT2D eigenvalue weighted by Crippen LogP contribution is 2.07. The third-order valence-electron chi connectivity index (χ3n) is 2.09. The Morgan fingerprint density at radius 1 is 0.632 bits per heavy atom. The standard InChI is InChI=1S/C13H12.2C2H6O/c1-3-7-12(8-4-1)11-13-9-5-2-6-10-13;2*1-2-3/h1-10H,11H2;2*3H,2H2,1H3. The van der Waals surface area contributed by atoms with Crippen molar-refractivity contribution < 1.29 is 10.2 Å². The van der Waals surface area contributed by atoms with Crippen LogP contribution in [0.3, 0.4) is 0 Å². The Balaban J connectivity index is 0.000000465. The zero-order valence-electron chi connectivity index (χ0n) is 11.8. The molecule has 2 aromatic rings. The van der Waals surface area contributed by atoms with E-state index in [9.17, 15) is 0 Å². The lowest BCUT2D eigenvalue weighted by molar-refractivity contribution is 0.318. The zero-order chi connectivity index (χ0) is 14.3. The Hall–Kier alpha value is -1.64. The van der Waals surface area contributed by atoms with Crippen LogP contribution < -0.4 is 0 Å². The third-order valence-corrected chi connectivity index (χ3v) is 2.09. The largest absolute Gasteiger partial charge is 0.397 e. The molecule has 0 fully saturated rings. The number of aliphatic hydroxyl groups excluding tert-OH is 2. The van der Waals surface area contributed by atoms with Crippen LogP contribution in [-0.4, -0.2) is 23.4 Å². The fourth-order valence-corrected chi connectivity index (χ4v) is 1.43. The lowest BCUT2D eigenvalue weighted by Gasteiger charge is -2.00. The van der Waals surface area contributed by atoms with Crippen LogP contribution in [0.15, 0.2) is 60.7 Å². The summed E-state index contributed by atoms with van der Waals surface area (Å²) in [6.07, 6.45) is 1.03. The molecule has 2 nitrogen and oxygen atoms in total. The van der Waals surface area contributed by atoms with Crippen molar-refractivity contribution in [1.29, 1.82) is 0 Å². The molecule has 0 aromatic heterocycles. The number of aliphatic hydroxyl groups is 2. The number of hydrogen-bond donors (Lipinski definition) is 2. The molecule has 2 aromatic carbocycles. The van der Waals surface area contributed by atoms with E-state index in [2.05, 4.69) is 60.7 Å². The average Bonchev–Trinajstić information content (AvgIpc) is 2.43. The second-order valence-corrected chi connectivity index (χ2v) is 3.78. The summed E-state index contributed by atoms with van der Waals surface area (Å²) in [7, 11) is 0. The molecule has 19 heavy (non-hydrogen) atoms. The molecular formula is C17H24O2. The Morgan fingerprint density at radius 3 is 1.16 bits per heavy atom. The maximum Gasteiger partial charge on any atom is 0.0402 e. The summed E-state index contributed by atoms with van der Waals surface area (Å²) >= 11 is 0. The van der Waals surface area contributed by atoms with Gasteiger partial charge in [-0.05, 0) is 31.4 Å². The Labute approximate surface area is 116 Å². The summed E-state index contributed by atoms with van der Waals surface area (Å²) in [5.41, 5.74) is 2.74. The van der Waals surface area contributed by atoms with E-state index in [1.54, 1.807) is 13.8 Å². The van der Waals surface area contributed by atoms with Crippen LogP contribution in [0, 0.1) is 0 Å². The lowest BCUT2D eigenvalue weighted by atomic mass is 10.1. The van der Waals surface area contributed by atoms with Crippen LogP contribution in [0.5, 0.6) is 0 Å². The fourth-order valence-electron chi connectivity index (χ4n) is 1.43. The first-order chi connectivity index (χ1) is 9.28. The van der Waals surface area contributed by atoms with E-state index < -0.39 is 0 Å². The van der Waals surface area contributed by atoms with Crippen molar-refractivity contribution in [2.45, 2.75) is 20.3 Å². The molecular weight excluding hydrogens is 236 g/mol. The van der Waals surface area contributed by atoms with E-state index in [4.69, 9.17) is 10.2 Å². The van der Waals surface area contributed by atoms with Crippen molar-refractivity contribution in [3.63, 3.8) is 0 Å². The van der Waals surface area contributed by atoms with Gasteiger partial charge >= 0.3 is 0 Å². The summed E-state index contributed by atoms with van der Waals surface area (Å²) in [5, 5.41) is 15.1. The molecule has 0 amide bonds. The van der Waals surface area contributed by atoms with Gasteiger partial charge in [0.2, 0.25) is 0 Å². The molecule has 0 bridgehead atoms. The van der Waals surface area contributed by atoms with Gasteiger partial charge in [0.1, 0.15) is 0 Å². The minimum absolute atomic E-state index is 0.250. The fraction of sp³-hybridized carbons (Fsp3) is 0.294. The van der Waals surface area contributed by atoms with Crippen molar-refractivity contribution in [1.82, 2.24) is 0 Å². The van der Waals surface area contributed by atoms with Gasteiger partial charge in [0, 0.05) is 13.2 Å². The molecule has 0 atom stereocenters. The third kappa shape index (κ3) is 10.0. The summed E-state index contributed by atoms with van der Waals surface area (Å²) < 4.78 is 0. The molecule has 2 N–H and O–H groups in total. The maximum atomic E-state index is 7.57. The quantitative estimate of drug-likeness (QED) is 0.870. The molecule has 2 rings (SSSR count). The first kappa shape index (κ1) is 17.4. The molecule has 0 unspecified atom stereocenters. The molecule has 0 aliphatic heterocycles. The van der Waals surface area contributed by atoms with Crippen molar-refractivity contribution in [3.8, 4) is 0 Å². The molecule has 0 saturated carbocycles. The van der Waals surface area contributed by atoms with Gasteiger partial charge in [0.05, 0.1) is 0 Å². The van der Waals surface area contributed by atoms with Crippen molar-refractivity contribution >= 4 is 0 Å². The highest BCUT2D eigenvalue weighted by molar-refractivity contribution is 5.25. The molecule has 2 heteroatoms. The molecule has 104 valence electrons. The Kier molecular flexibility index (Phi) is 11.7. The van der Waals surface area contributed by atoms with Gasteiger partial charge in [-0.15, -0.1) is 0 Å². The van der Waals surface area contributed by atoms with E-state index in [0.717, 1.165) is 6.42 Å². The van der Waals surface area contributed by atoms with E-state index in [0.29, 0.717) is 0 Å². The summed E-state index contributed by atoms with van der Waals surface area (Å²) in [5.74, 6) is 0. The van der Waals surface area contributed by atoms with Crippen LogP contribution in [0.1, 0.15) is 25.0 Å². The minimum Gasteiger partial charge on any atom is -0.397 e. The topological polar surface area (TPSA) is 40.5 Å². The lowest BCUT2D eigenvalue weighted by Crippen LogP contribution is -1.85. The van der Waals surface area contributed by atoms with Gasteiger partial charge in [-0.25, -0.2) is 0 Å². The Bertz CT molecular complexity index is 345. The first-order valence-electron chi connectivity index (χ1n) is 6.58. The molecule has 0 heterocycles. The SMILES string of the molecule is CCO.CCO.c1ccc(Cc2ccccc2)cc1. The number of hydrogen-bond acceptors (Lipinski definition) is 2. The van der Waals surface area contributed by atoms with Crippen LogP contribution in [0.2, 0.25) is 0 Å². The van der Waals surface area contributed by atoms with E-state index in [1.807, 2.05) is 0 Å². The maximum absolute atomic E-state index is 7.57. The summed E-state index contributed by atoms with van der Waals surface area (Å²) in [6, 6.07) is 21.1. The summed E-state index contributed by atoms with van der Waals surface area (Å²) in [4.78, 5) is 0. The van der Waals surface area contributed by atoms with E-state index >= 15 is 0 Å². The van der Waals surface area contributed by atoms with Crippen molar-refractivity contribution in [2.75, 3.05) is 13.2 Å². The Morgan fingerprint density at radius 2 is 0.895 bits per heavy atom. The average molecular weight is 260 g/mol. The van der Waals surface area contributed by atoms with Gasteiger partial charge in [-0.1, -0.05) is 60.7 Å². The van der Waals surface area contributed by atoms with Crippen LogP contribution in [0.4, 0.5) is 0 Å². The highest BCUT2D eigenvalue weighted by Gasteiger charge is 1.92. The molecule has 0 aliphatic carbocycles. The monoisotopic (exact) mass is 260 g/mol. The minimum atomic E-state index is 0.250. The normalized spacial score (nSPS) is 8.63.